The van der Waals surface area contributed by atoms with Crippen molar-refractivity contribution in [3.05, 3.63) is 28.2 Å². The topological polar surface area (TPSA) is 44.5 Å². The second-order valence-electron chi connectivity index (χ2n) is 3.07. The van der Waals surface area contributed by atoms with Crippen LogP contribution in [-0.4, -0.2) is 13.7 Å². The number of hydrogen-bond acceptors (Lipinski definition) is 4. The number of rotatable bonds is 3. The Bertz CT molecular complexity index is 346. The van der Waals surface area contributed by atoms with Gasteiger partial charge in [-0.05, 0) is 17.5 Å². The summed E-state index contributed by atoms with van der Waals surface area (Å²) in [5.41, 5.74) is 6.06. The Morgan fingerprint density at radius 2 is 2.50 bits per heavy atom. The molecule has 1 aromatic heterocycles. The number of hydrogen-bond donors (Lipinski definition) is 1. The first-order valence-corrected chi connectivity index (χ1v) is 5.40. The molecule has 3 nitrogen and oxygen atoms in total. The van der Waals surface area contributed by atoms with E-state index in [2.05, 4.69) is 0 Å². The van der Waals surface area contributed by atoms with Gasteiger partial charge in [0, 0.05) is 6.42 Å². The Labute approximate surface area is 87.1 Å². The normalized spacial score (nSPS) is 17.4. The molecule has 0 saturated carbocycles. The van der Waals surface area contributed by atoms with Gasteiger partial charge in [0.15, 0.2) is 0 Å². The molecule has 0 aliphatic carbocycles. The first kappa shape index (κ1) is 9.55. The van der Waals surface area contributed by atoms with Crippen molar-refractivity contribution in [3.8, 4) is 5.75 Å². The minimum absolute atomic E-state index is 0.174. The molecule has 14 heavy (non-hydrogen) atoms. The van der Waals surface area contributed by atoms with Crippen molar-refractivity contribution in [3.63, 3.8) is 0 Å². The van der Waals surface area contributed by atoms with Crippen molar-refractivity contribution < 1.29 is 9.47 Å². The fourth-order valence-corrected chi connectivity index (χ4v) is 2.36. The van der Waals surface area contributed by atoms with Crippen LogP contribution in [0, 0.1) is 0 Å². The third kappa shape index (κ3) is 1.63. The van der Waals surface area contributed by atoms with Crippen LogP contribution in [0.25, 0.3) is 0 Å². The van der Waals surface area contributed by atoms with E-state index in [-0.39, 0.29) is 6.04 Å². The number of thiophene rings is 1. The summed E-state index contributed by atoms with van der Waals surface area (Å²) in [6, 6.07) is 1.75. The maximum Gasteiger partial charge on any atom is 0.134 e. The molecule has 0 radical (unpaired) electrons. The molecule has 1 aliphatic rings. The monoisotopic (exact) mass is 211 g/mol. The Morgan fingerprint density at radius 3 is 3.14 bits per heavy atom. The molecule has 0 spiro atoms. The lowest BCUT2D eigenvalue weighted by atomic mass is 10.2. The van der Waals surface area contributed by atoms with Gasteiger partial charge in [-0.25, -0.2) is 0 Å². The first-order chi connectivity index (χ1) is 6.83. The van der Waals surface area contributed by atoms with E-state index in [9.17, 15) is 0 Å². The zero-order chi connectivity index (χ0) is 9.97. The van der Waals surface area contributed by atoms with Gasteiger partial charge in [-0.2, -0.15) is 0 Å². The molecule has 4 heteroatoms. The standard InChI is InChI=1S/C10H13NO2S/c1-12-8-4-6-14-10(8)9(11)7-3-2-5-13-7/h3-4,6,9H,2,5,11H2,1H3. The fourth-order valence-electron chi connectivity index (χ4n) is 1.49. The molecular weight excluding hydrogens is 198 g/mol. The highest BCUT2D eigenvalue weighted by atomic mass is 32.1. The molecule has 1 atom stereocenters. The maximum absolute atomic E-state index is 6.06. The highest BCUT2D eigenvalue weighted by molar-refractivity contribution is 7.10. The minimum Gasteiger partial charge on any atom is -0.496 e. The zero-order valence-corrected chi connectivity index (χ0v) is 8.84. The largest absolute Gasteiger partial charge is 0.496 e. The van der Waals surface area contributed by atoms with Crippen LogP contribution in [0.2, 0.25) is 0 Å². The van der Waals surface area contributed by atoms with Crippen LogP contribution >= 0.6 is 11.3 Å². The lowest BCUT2D eigenvalue weighted by Crippen LogP contribution is -2.12. The van der Waals surface area contributed by atoms with Crippen LogP contribution in [0.5, 0.6) is 5.75 Å². The predicted octanol–water partition coefficient (Wildman–Crippen LogP) is 2.06. The smallest absolute Gasteiger partial charge is 0.134 e. The van der Waals surface area contributed by atoms with E-state index < -0.39 is 0 Å². The number of ether oxygens (including phenoxy) is 2. The van der Waals surface area contributed by atoms with Crippen molar-refractivity contribution in [2.45, 2.75) is 12.5 Å². The van der Waals surface area contributed by atoms with Crippen LogP contribution < -0.4 is 10.5 Å². The number of nitrogens with two attached hydrogens (primary N) is 1. The van der Waals surface area contributed by atoms with E-state index in [1.165, 1.54) is 0 Å². The second kappa shape index (κ2) is 4.02. The Morgan fingerprint density at radius 1 is 1.64 bits per heavy atom. The van der Waals surface area contributed by atoms with E-state index in [0.717, 1.165) is 29.4 Å². The molecule has 0 aromatic carbocycles. The number of methoxy groups -OCH3 is 1. The van der Waals surface area contributed by atoms with Gasteiger partial charge in [-0.1, -0.05) is 0 Å². The molecule has 0 saturated heterocycles. The van der Waals surface area contributed by atoms with Gasteiger partial charge in [-0.3, -0.25) is 0 Å². The van der Waals surface area contributed by atoms with Gasteiger partial charge in [0.05, 0.1) is 18.6 Å². The van der Waals surface area contributed by atoms with Gasteiger partial charge in [0.25, 0.3) is 0 Å². The molecule has 0 bridgehead atoms. The first-order valence-electron chi connectivity index (χ1n) is 4.52. The lowest BCUT2D eigenvalue weighted by Gasteiger charge is -2.12. The Kier molecular flexibility index (Phi) is 2.74. The molecule has 2 rings (SSSR count). The van der Waals surface area contributed by atoms with E-state index in [1.807, 2.05) is 17.5 Å². The average molecular weight is 211 g/mol. The van der Waals surface area contributed by atoms with E-state index in [0.29, 0.717) is 0 Å². The third-order valence-electron chi connectivity index (χ3n) is 2.20. The van der Waals surface area contributed by atoms with E-state index >= 15 is 0 Å². The fraction of sp³-hybridized carbons (Fsp3) is 0.400. The quantitative estimate of drug-likeness (QED) is 0.832. The molecule has 1 aliphatic heterocycles. The molecule has 1 unspecified atom stereocenters. The maximum atomic E-state index is 6.06. The van der Waals surface area contributed by atoms with Crippen molar-refractivity contribution >= 4 is 11.3 Å². The van der Waals surface area contributed by atoms with E-state index in [1.54, 1.807) is 18.4 Å². The van der Waals surface area contributed by atoms with Crippen LogP contribution in [0.4, 0.5) is 0 Å². The second-order valence-corrected chi connectivity index (χ2v) is 4.02. The van der Waals surface area contributed by atoms with Crippen LogP contribution in [0.3, 0.4) is 0 Å². The van der Waals surface area contributed by atoms with Crippen LogP contribution in [0.15, 0.2) is 23.3 Å². The van der Waals surface area contributed by atoms with Gasteiger partial charge >= 0.3 is 0 Å². The van der Waals surface area contributed by atoms with Crippen molar-refractivity contribution in [1.29, 1.82) is 0 Å². The van der Waals surface area contributed by atoms with Gasteiger partial charge in [0.1, 0.15) is 17.6 Å². The zero-order valence-electron chi connectivity index (χ0n) is 8.03. The lowest BCUT2D eigenvalue weighted by molar-refractivity contribution is 0.225. The Balaban J connectivity index is 2.21. The van der Waals surface area contributed by atoms with Crippen molar-refractivity contribution in [2.75, 3.05) is 13.7 Å². The molecule has 2 heterocycles. The molecule has 0 amide bonds. The summed E-state index contributed by atoms with van der Waals surface area (Å²) in [7, 11) is 1.65. The third-order valence-corrected chi connectivity index (χ3v) is 3.18. The summed E-state index contributed by atoms with van der Waals surface area (Å²) in [6.45, 7) is 0.747. The molecule has 0 fully saturated rings. The molecule has 1 aromatic rings. The van der Waals surface area contributed by atoms with Crippen molar-refractivity contribution in [1.82, 2.24) is 0 Å². The molecule has 76 valence electrons. The van der Waals surface area contributed by atoms with Gasteiger partial charge in [-0.15, -0.1) is 11.3 Å². The summed E-state index contributed by atoms with van der Waals surface area (Å²) < 4.78 is 10.6. The summed E-state index contributed by atoms with van der Waals surface area (Å²) in [5.74, 6) is 1.71. The predicted molar refractivity (Wildman–Crippen MR) is 56.5 cm³/mol. The highest BCUT2D eigenvalue weighted by Crippen LogP contribution is 2.34. The van der Waals surface area contributed by atoms with Gasteiger partial charge in [0.2, 0.25) is 0 Å². The average Bonchev–Trinajstić information content (AvgIpc) is 2.87. The van der Waals surface area contributed by atoms with Crippen LogP contribution in [-0.2, 0) is 4.74 Å². The van der Waals surface area contributed by atoms with Crippen LogP contribution in [0.1, 0.15) is 17.3 Å². The molecular formula is C10H13NO2S. The van der Waals surface area contributed by atoms with Gasteiger partial charge < -0.3 is 15.2 Å². The molecule has 2 N–H and O–H groups in total. The summed E-state index contributed by atoms with van der Waals surface area (Å²) >= 11 is 1.60. The van der Waals surface area contributed by atoms with E-state index in [4.69, 9.17) is 15.2 Å². The SMILES string of the molecule is COc1ccsc1C(N)C1=CCCO1. The summed E-state index contributed by atoms with van der Waals surface area (Å²) in [4.78, 5) is 1.03. The van der Waals surface area contributed by atoms with Crippen molar-refractivity contribution in [2.24, 2.45) is 5.73 Å². The highest BCUT2D eigenvalue weighted by Gasteiger charge is 2.20. The summed E-state index contributed by atoms with van der Waals surface area (Å²) in [6.07, 6.45) is 3.00. The Hall–Kier alpha value is -1.00. The summed E-state index contributed by atoms with van der Waals surface area (Å²) in [5, 5.41) is 1.98. The minimum atomic E-state index is -0.174.